The SMILES string of the molecule is CC(=O)C1CCCCN1C1CS(=O)(=O)CC1O. The maximum Gasteiger partial charge on any atom is 0.154 e. The molecule has 0 aromatic rings. The van der Waals surface area contributed by atoms with Gasteiger partial charge in [-0.3, -0.25) is 9.69 Å². The summed E-state index contributed by atoms with van der Waals surface area (Å²) in [7, 11) is -3.15. The standard InChI is InChI=1S/C11H19NO4S/c1-8(13)9-4-2-3-5-12(9)10-6-17(15,16)7-11(10)14/h9-11,14H,2-7H2,1H3. The van der Waals surface area contributed by atoms with E-state index in [0.717, 1.165) is 19.3 Å². The molecule has 0 spiro atoms. The van der Waals surface area contributed by atoms with Crippen molar-refractivity contribution in [2.75, 3.05) is 18.1 Å². The fraction of sp³-hybridized carbons (Fsp3) is 0.909. The predicted molar refractivity (Wildman–Crippen MR) is 63.5 cm³/mol. The summed E-state index contributed by atoms with van der Waals surface area (Å²) < 4.78 is 23.0. The quantitative estimate of drug-likeness (QED) is 0.731. The summed E-state index contributed by atoms with van der Waals surface area (Å²) in [6.07, 6.45) is 1.89. The molecule has 0 aliphatic carbocycles. The fourth-order valence-corrected chi connectivity index (χ4v) is 4.73. The summed E-state index contributed by atoms with van der Waals surface area (Å²) >= 11 is 0. The van der Waals surface area contributed by atoms with E-state index in [1.165, 1.54) is 0 Å². The van der Waals surface area contributed by atoms with Crippen LogP contribution in [0.3, 0.4) is 0 Å². The summed E-state index contributed by atoms with van der Waals surface area (Å²) in [4.78, 5) is 13.5. The Hall–Kier alpha value is -0.460. The van der Waals surface area contributed by atoms with Crippen LogP contribution in [0.15, 0.2) is 0 Å². The summed E-state index contributed by atoms with van der Waals surface area (Å²) in [6.45, 7) is 2.25. The number of aliphatic hydroxyl groups excluding tert-OH is 1. The van der Waals surface area contributed by atoms with Crippen LogP contribution in [0.4, 0.5) is 0 Å². The zero-order valence-electron chi connectivity index (χ0n) is 10.0. The zero-order chi connectivity index (χ0) is 12.6. The first kappa shape index (κ1) is 13.0. The highest BCUT2D eigenvalue weighted by Crippen LogP contribution is 2.26. The molecule has 3 atom stereocenters. The Morgan fingerprint density at radius 1 is 1.29 bits per heavy atom. The molecule has 0 aromatic carbocycles. The van der Waals surface area contributed by atoms with E-state index in [9.17, 15) is 18.3 Å². The number of rotatable bonds is 2. The maximum absolute atomic E-state index is 11.6. The maximum atomic E-state index is 11.6. The van der Waals surface area contributed by atoms with Gasteiger partial charge in [-0.25, -0.2) is 8.42 Å². The van der Waals surface area contributed by atoms with Crippen LogP contribution < -0.4 is 0 Å². The van der Waals surface area contributed by atoms with Gasteiger partial charge in [-0.15, -0.1) is 0 Å². The van der Waals surface area contributed by atoms with E-state index in [2.05, 4.69) is 0 Å². The molecule has 2 aliphatic rings. The molecule has 6 heteroatoms. The second kappa shape index (κ2) is 4.66. The molecule has 2 heterocycles. The highest BCUT2D eigenvalue weighted by molar-refractivity contribution is 7.91. The zero-order valence-corrected chi connectivity index (χ0v) is 10.8. The van der Waals surface area contributed by atoms with Gasteiger partial charge in [0.15, 0.2) is 9.84 Å². The topological polar surface area (TPSA) is 74.7 Å². The lowest BCUT2D eigenvalue weighted by molar-refractivity contribution is -0.125. The van der Waals surface area contributed by atoms with Crippen molar-refractivity contribution < 1.29 is 18.3 Å². The number of ketones is 1. The van der Waals surface area contributed by atoms with Crippen molar-refractivity contribution in [2.24, 2.45) is 0 Å². The third kappa shape index (κ3) is 2.69. The smallest absolute Gasteiger partial charge is 0.154 e. The summed E-state index contributed by atoms with van der Waals surface area (Å²) in [5.41, 5.74) is 0. The van der Waals surface area contributed by atoms with Gasteiger partial charge in [0.05, 0.1) is 29.7 Å². The number of nitrogens with zero attached hydrogens (tertiary/aromatic N) is 1. The molecule has 0 radical (unpaired) electrons. The van der Waals surface area contributed by atoms with Crippen molar-refractivity contribution in [3.63, 3.8) is 0 Å². The monoisotopic (exact) mass is 261 g/mol. The van der Waals surface area contributed by atoms with Crippen molar-refractivity contribution >= 4 is 15.6 Å². The number of Topliss-reactive ketones (excluding diaryl/α,β-unsaturated/α-hetero) is 1. The van der Waals surface area contributed by atoms with Gasteiger partial charge in [-0.05, 0) is 26.3 Å². The lowest BCUT2D eigenvalue weighted by Gasteiger charge is -2.39. The minimum atomic E-state index is -3.15. The number of sulfone groups is 1. The molecular weight excluding hydrogens is 242 g/mol. The molecule has 1 N–H and O–H groups in total. The van der Waals surface area contributed by atoms with Crippen LogP contribution in [0.5, 0.6) is 0 Å². The van der Waals surface area contributed by atoms with Crippen molar-refractivity contribution in [2.45, 2.75) is 44.4 Å². The Kier molecular flexibility index (Phi) is 3.56. The van der Waals surface area contributed by atoms with Gasteiger partial charge >= 0.3 is 0 Å². The van der Waals surface area contributed by atoms with Crippen molar-refractivity contribution in [3.05, 3.63) is 0 Å². The van der Waals surface area contributed by atoms with Gasteiger partial charge < -0.3 is 5.11 Å². The number of aliphatic hydroxyl groups is 1. The highest BCUT2D eigenvalue weighted by Gasteiger charge is 2.43. The second-order valence-corrected chi connectivity index (χ2v) is 7.23. The molecule has 2 rings (SSSR count). The minimum absolute atomic E-state index is 0.0159. The number of carbonyl (C=O) groups is 1. The number of likely N-dealkylation sites (tertiary alicyclic amines) is 1. The summed E-state index contributed by atoms with van der Waals surface area (Å²) in [6, 6.07) is -0.606. The van der Waals surface area contributed by atoms with Crippen LogP contribution in [0, 0.1) is 0 Å². The molecular formula is C11H19NO4S. The van der Waals surface area contributed by atoms with E-state index in [1.54, 1.807) is 6.92 Å². The molecule has 0 saturated carbocycles. The average Bonchev–Trinajstić information content (AvgIpc) is 2.52. The Morgan fingerprint density at radius 2 is 2.00 bits per heavy atom. The van der Waals surface area contributed by atoms with Crippen LogP contribution in [0.2, 0.25) is 0 Å². The third-order valence-electron chi connectivity index (χ3n) is 3.73. The van der Waals surface area contributed by atoms with Gasteiger partial charge in [-0.2, -0.15) is 0 Å². The van der Waals surface area contributed by atoms with Crippen molar-refractivity contribution in [1.29, 1.82) is 0 Å². The van der Waals surface area contributed by atoms with Gasteiger partial charge in [0.25, 0.3) is 0 Å². The largest absolute Gasteiger partial charge is 0.390 e. The van der Waals surface area contributed by atoms with E-state index in [-0.39, 0.29) is 23.3 Å². The number of piperidine rings is 1. The van der Waals surface area contributed by atoms with Crippen LogP contribution in [0.1, 0.15) is 26.2 Å². The summed E-state index contributed by atoms with van der Waals surface area (Å²) in [5, 5.41) is 9.84. The lowest BCUT2D eigenvalue weighted by atomic mass is 9.96. The molecule has 2 aliphatic heterocycles. The molecule has 2 fully saturated rings. The predicted octanol–water partition coefficient (Wildman–Crippen LogP) is -0.412. The van der Waals surface area contributed by atoms with E-state index in [4.69, 9.17) is 0 Å². The van der Waals surface area contributed by atoms with E-state index < -0.39 is 22.0 Å². The molecule has 98 valence electrons. The average molecular weight is 261 g/mol. The van der Waals surface area contributed by atoms with Gasteiger partial charge in [0, 0.05) is 0 Å². The minimum Gasteiger partial charge on any atom is -0.390 e. The van der Waals surface area contributed by atoms with Crippen molar-refractivity contribution in [3.8, 4) is 0 Å². The molecule has 0 bridgehead atoms. The molecule has 0 aromatic heterocycles. The van der Waals surface area contributed by atoms with Gasteiger partial charge in [0.1, 0.15) is 5.78 Å². The molecule has 17 heavy (non-hydrogen) atoms. The Labute approximate surface area is 102 Å². The molecule has 2 saturated heterocycles. The van der Waals surface area contributed by atoms with E-state index >= 15 is 0 Å². The first-order chi connectivity index (χ1) is 7.91. The van der Waals surface area contributed by atoms with Crippen LogP contribution in [0.25, 0.3) is 0 Å². The second-order valence-electron chi connectivity index (χ2n) is 5.07. The third-order valence-corrected chi connectivity index (χ3v) is 5.43. The lowest BCUT2D eigenvalue weighted by Crippen LogP contribution is -2.53. The first-order valence-corrected chi connectivity index (χ1v) is 7.87. The Bertz CT molecular complexity index is 406. The van der Waals surface area contributed by atoms with Crippen LogP contribution in [-0.2, 0) is 14.6 Å². The van der Waals surface area contributed by atoms with Crippen LogP contribution in [-0.4, -0.2) is 60.4 Å². The van der Waals surface area contributed by atoms with Gasteiger partial charge in [-0.1, -0.05) is 6.42 Å². The number of hydrogen-bond donors (Lipinski definition) is 1. The first-order valence-electron chi connectivity index (χ1n) is 6.05. The van der Waals surface area contributed by atoms with Crippen LogP contribution >= 0.6 is 0 Å². The summed E-state index contributed by atoms with van der Waals surface area (Å²) in [5.74, 6) is -0.113. The van der Waals surface area contributed by atoms with E-state index in [1.807, 2.05) is 4.90 Å². The normalized spacial score (nSPS) is 38.1. The van der Waals surface area contributed by atoms with Crippen molar-refractivity contribution in [1.82, 2.24) is 4.90 Å². The molecule has 0 amide bonds. The highest BCUT2D eigenvalue weighted by atomic mass is 32.2. The Morgan fingerprint density at radius 3 is 2.53 bits per heavy atom. The fourth-order valence-electron chi connectivity index (χ4n) is 2.91. The molecule has 3 unspecified atom stereocenters. The van der Waals surface area contributed by atoms with E-state index in [0.29, 0.717) is 6.54 Å². The van der Waals surface area contributed by atoms with Gasteiger partial charge in [0.2, 0.25) is 0 Å². The number of carbonyl (C=O) groups excluding carboxylic acids is 1. The number of hydrogen-bond acceptors (Lipinski definition) is 5. The Balaban J connectivity index is 2.17. The molecule has 5 nitrogen and oxygen atoms in total.